The lowest BCUT2D eigenvalue weighted by molar-refractivity contribution is 0.800. The summed E-state index contributed by atoms with van der Waals surface area (Å²) in [6.07, 6.45) is 1.05. The third kappa shape index (κ3) is 3.50. The number of aryl methyl sites for hydroxylation is 2. The quantitative estimate of drug-likeness (QED) is 0.816. The van der Waals surface area contributed by atoms with Gasteiger partial charge in [-0.1, -0.05) is 0 Å². The minimum absolute atomic E-state index is 0.407. The number of anilines is 2. The molecular weight excluding hydrogens is 240 g/mol. The lowest BCUT2D eigenvalue weighted by Gasteiger charge is -2.15. The van der Waals surface area contributed by atoms with Crippen LogP contribution in [0.1, 0.15) is 22.2 Å². The molecule has 1 aromatic carbocycles. The van der Waals surface area contributed by atoms with Gasteiger partial charge in [0.15, 0.2) is 0 Å². The summed E-state index contributed by atoms with van der Waals surface area (Å²) in [7, 11) is 0. The maximum atomic E-state index is 5.85. The molecule has 3 N–H and O–H groups in total. The molecule has 0 fully saturated rings. The van der Waals surface area contributed by atoms with E-state index in [-0.39, 0.29) is 0 Å². The van der Waals surface area contributed by atoms with Crippen molar-refractivity contribution in [2.24, 2.45) is 0 Å². The van der Waals surface area contributed by atoms with Crippen molar-refractivity contribution in [1.29, 1.82) is 0 Å². The van der Waals surface area contributed by atoms with Gasteiger partial charge < -0.3 is 11.1 Å². The first-order valence-corrected chi connectivity index (χ1v) is 7.03. The van der Waals surface area contributed by atoms with Crippen LogP contribution in [0.25, 0.3) is 0 Å². The molecule has 0 amide bonds. The molecule has 2 nitrogen and oxygen atoms in total. The first-order chi connectivity index (χ1) is 8.52. The van der Waals surface area contributed by atoms with Gasteiger partial charge in [-0.15, -0.1) is 11.3 Å². The fraction of sp³-hybridized carbons (Fsp3) is 0.333. The molecule has 0 aliphatic rings. The van der Waals surface area contributed by atoms with Crippen molar-refractivity contribution in [2.45, 2.75) is 33.2 Å². The van der Waals surface area contributed by atoms with Crippen LogP contribution in [0.3, 0.4) is 0 Å². The van der Waals surface area contributed by atoms with Crippen molar-refractivity contribution in [3.8, 4) is 0 Å². The average molecular weight is 260 g/mol. The molecule has 18 heavy (non-hydrogen) atoms. The second kappa shape index (κ2) is 5.44. The number of nitrogens with two attached hydrogens (primary N) is 1. The fourth-order valence-electron chi connectivity index (χ4n) is 2.13. The molecular formula is C15H20N2S. The van der Waals surface area contributed by atoms with Crippen molar-refractivity contribution >= 4 is 22.7 Å². The lowest BCUT2D eigenvalue weighted by atomic mass is 10.1. The summed E-state index contributed by atoms with van der Waals surface area (Å²) in [5.74, 6) is 0. The average Bonchev–Trinajstić information content (AvgIpc) is 2.61. The highest BCUT2D eigenvalue weighted by atomic mass is 32.1. The van der Waals surface area contributed by atoms with Gasteiger partial charge in [0.2, 0.25) is 0 Å². The van der Waals surface area contributed by atoms with Gasteiger partial charge in [-0.3, -0.25) is 0 Å². The Hall–Kier alpha value is -1.48. The fourth-order valence-corrected chi connectivity index (χ4v) is 3.15. The van der Waals surface area contributed by atoms with E-state index in [9.17, 15) is 0 Å². The molecule has 0 bridgehead atoms. The molecule has 0 spiro atoms. The first-order valence-electron chi connectivity index (χ1n) is 6.22. The second-order valence-corrected chi connectivity index (χ2v) is 6.27. The van der Waals surface area contributed by atoms with E-state index < -0.39 is 0 Å². The van der Waals surface area contributed by atoms with Crippen LogP contribution >= 0.6 is 11.3 Å². The number of nitrogens with one attached hydrogen (secondary N) is 1. The molecule has 3 heteroatoms. The van der Waals surface area contributed by atoms with Gasteiger partial charge in [0.25, 0.3) is 0 Å². The predicted octanol–water partition coefficient (Wildman–Crippen LogP) is 3.99. The Labute approximate surface area is 113 Å². The molecule has 0 aliphatic heterocycles. The molecule has 0 saturated carbocycles. The van der Waals surface area contributed by atoms with Gasteiger partial charge in [-0.25, -0.2) is 0 Å². The summed E-state index contributed by atoms with van der Waals surface area (Å²) in [5.41, 5.74) is 8.97. The van der Waals surface area contributed by atoms with Crippen molar-refractivity contribution in [2.75, 3.05) is 11.1 Å². The van der Waals surface area contributed by atoms with Crippen molar-refractivity contribution in [1.82, 2.24) is 0 Å². The van der Waals surface area contributed by atoms with Gasteiger partial charge >= 0.3 is 0 Å². The number of hydrogen-bond donors (Lipinski definition) is 2. The number of hydrogen-bond acceptors (Lipinski definition) is 3. The maximum Gasteiger partial charge on any atom is 0.0365 e. The highest BCUT2D eigenvalue weighted by Gasteiger charge is 2.06. The topological polar surface area (TPSA) is 38.0 Å². The SMILES string of the molecule is Cc1cc(N)cc(NC(C)Cc2ccc(C)s2)c1. The van der Waals surface area contributed by atoms with Crippen LogP contribution in [-0.4, -0.2) is 6.04 Å². The highest BCUT2D eigenvalue weighted by Crippen LogP contribution is 2.20. The van der Waals surface area contributed by atoms with Crippen LogP contribution in [0.4, 0.5) is 11.4 Å². The van der Waals surface area contributed by atoms with E-state index in [2.05, 4.69) is 44.3 Å². The van der Waals surface area contributed by atoms with Gasteiger partial charge in [0.1, 0.15) is 0 Å². The van der Waals surface area contributed by atoms with Crippen molar-refractivity contribution < 1.29 is 0 Å². The molecule has 1 heterocycles. The number of rotatable bonds is 4. The Bertz CT molecular complexity index is 511. The van der Waals surface area contributed by atoms with Crippen molar-refractivity contribution in [3.05, 3.63) is 45.6 Å². The molecule has 1 atom stereocenters. The van der Waals surface area contributed by atoms with Gasteiger partial charge in [0.05, 0.1) is 0 Å². The van der Waals surface area contributed by atoms with Crippen LogP contribution in [0, 0.1) is 13.8 Å². The summed E-state index contributed by atoms with van der Waals surface area (Å²) in [4.78, 5) is 2.80. The van der Waals surface area contributed by atoms with E-state index in [1.807, 2.05) is 23.5 Å². The zero-order valence-electron chi connectivity index (χ0n) is 11.2. The number of nitrogen functional groups attached to an aromatic ring is 1. The summed E-state index contributed by atoms with van der Waals surface area (Å²) < 4.78 is 0. The standard InChI is InChI=1S/C15H20N2S/c1-10-6-13(16)9-14(7-10)17-11(2)8-15-5-4-12(3)18-15/h4-7,9,11,17H,8,16H2,1-3H3. The molecule has 2 aromatic rings. The Morgan fingerprint density at radius 2 is 2.00 bits per heavy atom. The van der Waals surface area contributed by atoms with E-state index in [4.69, 9.17) is 5.73 Å². The Morgan fingerprint density at radius 3 is 2.61 bits per heavy atom. The second-order valence-electron chi connectivity index (χ2n) is 4.89. The Kier molecular flexibility index (Phi) is 3.92. The third-order valence-electron chi connectivity index (χ3n) is 2.82. The highest BCUT2D eigenvalue weighted by molar-refractivity contribution is 7.11. The van der Waals surface area contributed by atoms with E-state index in [0.29, 0.717) is 6.04 Å². The van der Waals surface area contributed by atoms with Gasteiger partial charge in [-0.05, 0) is 56.7 Å². The number of benzene rings is 1. The Balaban J connectivity index is 2.00. The first kappa shape index (κ1) is 13.0. The molecule has 0 radical (unpaired) electrons. The van der Waals surface area contributed by atoms with Crippen LogP contribution in [-0.2, 0) is 6.42 Å². The molecule has 1 aromatic heterocycles. The summed E-state index contributed by atoms with van der Waals surface area (Å²) in [6, 6.07) is 10.9. The summed E-state index contributed by atoms with van der Waals surface area (Å²) in [5, 5.41) is 3.51. The lowest BCUT2D eigenvalue weighted by Crippen LogP contribution is -2.17. The zero-order chi connectivity index (χ0) is 13.1. The molecule has 0 aliphatic carbocycles. The van der Waals surface area contributed by atoms with E-state index in [1.165, 1.54) is 15.3 Å². The van der Waals surface area contributed by atoms with Gasteiger partial charge in [0, 0.05) is 33.6 Å². The molecule has 0 saturated heterocycles. The van der Waals surface area contributed by atoms with Crippen LogP contribution in [0.15, 0.2) is 30.3 Å². The normalized spacial score (nSPS) is 12.4. The smallest absolute Gasteiger partial charge is 0.0365 e. The largest absolute Gasteiger partial charge is 0.399 e. The zero-order valence-corrected chi connectivity index (χ0v) is 12.0. The van der Waals surface area contributed by atoms with Crippen molar-refractivity contribution in [3.63, 3.8) is 0 Å². The van der Waals surface area contributed by atoms with E-state index in [1.54, 1.807) is 0 Å². The minimum Gasteiger partial charge on any atom is -0.399 e. The molecule has 2 rings (SSSR count). The third-order valence-corrected chi connectivity index (χ3v) is 3.84. The predicted molar refractivity (Wildman–Crippen MR) is 81.4 cm³/mol. The molecule has 96 valence electrons. The van der Waals surface area contributed by atoms with Crippen LogP contribution in [0.2, 0.25) is 0 Å². The Morgan fingerprint density at radius 1 is 1.22 bits per heavy atom. The molecule has 1 unspecified atom stereocenters. The van der Waals surface area contributed by atoms with Crippen LogP contribution in [0.5, 0.6) is 0 Å². The maximum absolute atomic E-state index is 5.85. The van der Waals surface area contributed by atoms with E-state index in [0.717, 1.165) is 17.8 Å². The monoisotopic (exact) mass is 260 g/mol. The van der Waals surface area contributed by atoms with Crippen LogP contribution < -0.4 is 11.1 Å². The minimum atomic E-state index is 0.407. The number of thiophene rings is 1. The summed E-state index contributed by atoms with van der Waals surface area (Å²) >= 11 is 1.87. The van der Waals surface area contributed by atoms with Gasteiger partial charge in [-0.2, -0.15) is 0 Å². The van der Waals surface area contributed by atoms with E-state index >= 15 is 0 Å². The summed E-state index contributed by atoms with van der Waals surface area (Å²) in [6.45, 7) is 6.41.